The van der Waals surface area contributed by atoms with E-state index in [0.717, 1.165) is 30.0 Å². The van der Waals surface area contributed by atoms with Crippen molar-refractivity contribution in [1.82, 2.24) is 9.78 Å². The zero-order valence-corrected chi connectivity index (χ0v) is 19.4. The largest absolute Gasteiger partial charge is 1.00 e. The van der Waals surface area contributed by atoms with Crippen LogP contribution in [-0.4, -0.2) is 15.7 Å². The molecule has 0 aliphatic heterocycles. The molecule has 4 nitrogen and oxygen atoms in total. The van der Waals surface area contributed by atoms with Gasteiger partial charge >= 0.3 is 57.3 Å². The fraction of sp³-hybridized carbons (Fsp3) is 0.300. The number of rotatable bonds is 5. The van der Waals surface area contributed by atoms with Crippen molar-refractivity contribution in [3.05, 3.63) is 63.8 Å². The molecule has 0 unspecified atom stereocenters. The van der Waals surface area contributed by atoms with Gasteiger partial charge in [0.05, 0.1) is 17.8 Å². The number of aryl methyl sites for hydroxylation is 1. The first-order valence-electron chi connectivity index (χ1n) is 8.63. The van der Waals surface area contributed by atoms with Crippen molar-refractivity contribution in [2.45, 2.75) is 38.2 Å². The van der Waals surface area contributed by atoms with E-state index in [4.69, 9.17) is 11.6 Å². The van der Waals surface area contributed by atoms with Gasteiger partial charge in [0, 0.05) is 16.0 Å². The van der Waals surface area contributed by atoms with Crippen molar-refractivity contribution in [2.24, 2.45) is 0 Å². The van der Waals surface area contributed by atoms with Gasteiger partial charge in [0.1, 0.15) is 5.97 Å². The molecular weight excluding hydrogens is 413 g/mol. The van der Waals surface area contributed by atoms with Gasteiger partial charge in [0.25, 0.3) is 0 Å². The summed E-state index contributed by atoms with van der Waals surface area (Å²) in [4.78, 5) is 10.8. The van der Waals surface area contributed by atoms with Gasteiger partial charge in [-0.2, -0.15) is 13.9 Å². The summed E-state index contributed by atoms with van der Waals surface area (Å²) in [5, 5.41) is 16.6. The van der Waals surface area contributed by atoms with Crippen molar-refractivity contribution >= 4 is 28.5 Å². The van der Waals surface area contributed by atoms with Crippen molar-refractivity contribution in [1.29, 1.82) is 0 Å². The van der Waals surface area contributed by atoms with Gasteiger partial charge in [0.2, 0.25) is 0 Å². The number of hydrogen-bond acceptors (Lipinski definition) is 3. The maximum absolute atomic E-state index is 13.9. The van der Waals surface area contributed by atoms with Crippen LogP contribution in [-0.2, 0) is 17.3 Å². The predicted octanol–water partition coefficient (Wildman–Crippen LogP) is 0.770. The number of halogens is 3. The number of carboxylic acid groups (broad SMARTS) is 1. The Morgan fingerprint density at radius 1 is 1.32 bits per heavy atom. The number of nitrogens with zero attached hydrogens (tertiary/aromatic N) is 2. The van der Waals surface area contributed by atoms with Crippen LogP contribution in [0, 0.1) is 6.92 Å². The van der Waals surface area contributed by atoms with Gasteiger partial charge in [-0.25, -0.2) is 0 Å². The Hall–Kier alpha value is -0.834. The van der Waals surface area contributed by atoms with Crippen LogP contribution in [0.15, 0.2) is 36.4 Å². The molecule has 0 radical (unpaired) electrons. The molecule has 0 spiro atoms. The molecule has 3 aromatic rings. The Labute approximate surface area is 208 Å². The SMILES string of the molecule is Cc1nn(Cc2c(Cl)cccc2C2CC2)c2cc(C(F)(F)C(=O)[O-])ccc12.[K+]. The molecule has 140 valence electrons. The molecular formula is C20H16ClF2KN2O2. The van der Waals surface area contributed by atoms with Crippen molar-refractivity contribution in [2.75, 3.05) is 0 Å². The molecule has 8 heteroatoms. The maximum Gasteiger partial charge on any atom is 1.00 e. The maximum atomic E-state index is 13.9. The summed E-state index contributed by atoms with van der Waals surface area (Å²) < 4.78 is 29.4. The summed E-state index contributed by atoms with van der Waals surface area (Å²) >= 11 is 6.41. The second kappa shape index (κ2) is 8.12. The minimum absolute atomic E-state index is 0. The third-order valence-corrected chi connectivity index (χ3v) is 5.39. The molecule has 1 saturated carbocycles. The molecule has 1 heterocycles. The Morgan fingerprint density at radius 3 is 2.68 bits per heavy atom. The molecule has 0 atom stereocenters. The molecule has 4 rings (SSSR count). The number of hydrogen-bond donors (Lipinski definition) is 0. The van der Waals surface area contributed by atoms with E-state index in [-0.39, 0.29) is 51.4 Å². The second-order valence-electron chi connectivity index (χ2n) is 6.92. The quantitative estimate of drug-likeness (QED) is 0.564. The zero-order valence-electron chi connectivity index (χ0n) is 15.5. The Balaban J connectivity index is 0.00000225. The van der Waals surface area contributed by atoms with Gasteiger partial charge in [-0.15, -0.1) is 0 Å². The van der Waals surface area contributed by atoms with Crippen LogP contribution in [0.4, 0.5) is 8.78 Å². The smallest absolute Gasteiger partial charge is 0.544 e. The number of alkyl halides is 2. The van der Waals surface area contributed by atoms with Crippen LogP contribution in [0.5, 0.6) is 0 Å². The molecule has 28 heavy (non-hydrogen) atoms. The molecule has 0 bridgehead atoms. The number of aromatic nitrogens is 2. The fourth-order valence-electron chi connectivity index (χ4n) is 3.44. The summed E-state index contributed by atoms with van der Waals surface area (Å²) in [5.74, 6) is -6.02. The summed E-state index contributed by atoms with van der Waals surface area (Å²) in [6.07, 6.45) is 2.21. The molecule has 1 fully saturated rings. The topological polar surface area (TPSA) is 58.0 Å². The van der Waals surface area contributed by atoms with Crippen LogP contribution < -0.4 is 56.5 Å². The van der Waals surface area contributed by atoms with E-state index in [1.54, 1.807) is 17.7 Å². The van der Waals surface area contributed by atoms with E-state index < -0.39 is 17.5 Å². The van der Waals surface area contributed by atoms with Gasteiger partial charge < -0.3 is 9.90 Å². The third-order valence-electron chi connectivity index (χ3n) is 5.04. The summed E-state index contributed by atoms with van der Waals surface area (Å²) in [7, 11) is 0. The Morgan fingerprint density at radius 2 is 2.04 bits per heavy atom. The Bertz CT molecular complexity index is 1060. The summed E-state index contributed by atoms with van der Waals surface area (Å²) in [5.41, 5.74) is 2.56. The predicted molar refractivity (Wildman–Crippen MR) is 95.9 cm³/mol. The van der Waals surface area contributed by atoms with E-state index >= 15 is 0 Å². The average molecular weight is 429 g/mol. The first-order chi connectivity index (χ1) is 12.8. The number of fused-ring (bicyclic) bond motifs is 1. The van der Waals surface area contributed by atoms with Gasteiger partial charge in [-0.1, -0.05) is 35.9 Å². The van der Waals surface area contributed by atoms with Gasteiger partial charge in [-0.3, -0.25) is 4.68 Å². The normalized spacial score (nSPS) is 14.1. The van der Waals surface area contributed by atoms with Gasteiger partial charge in [-0.05, 0) is 48.9 Å². The standard InChI is InChI=1S/C20H17ClF2N2O2.K/c1-11-14-8-7-13(20(22,23)19(26)27)9-18(14)25(24-11)10-16-15(12-5-6-12)3-2-4-17(16)21;/h2-4,7-9,12H,5-6,10H2,1H3,(H,26,27);/q;+1/p-1. The van der Waals surface area contributed by atoms with Crippen LogP contribution >= 0.6 is 11.6 Å². The number of carbonyl (C=O) groups excluding carboxylic acids is 1. The van der Waals surface area contributed by atoms with E-state index in [1.165, 1.54) is 12.1 Å². The minimum Gasteiger partial charge on any atom is -0.544 e. The molecule has 2 aromatic carbocycles. The molecule has 1 aliphatic rings. The molecule has 1 aromatic heterocycles. The average Bonchev–Trinajstić information content (AvgIpc) is 3.42. The van der Waals surface area contributed by atoms with Crippen LogP contribution in [0.2, 0.25) is 5.02 Å². The van der Waals surface area contributed by atoms with E-state index in [1.807, 2.05) is 12.1 Å². The summed E-state index contributed by atoms with van der Waals surface area (Å²) in [6.45, 7) is 2.11. The molecule has 0 amide bonds. The van der Waals surface area contributed by atoms with Crippen LogP contribution in [0.1, 0.15) is 41.1 Å². The molecule has 0 saturated heterocycles. The number of benzene rings is 2. The van der Waals surface area contributed by atoms with Crippen LogP contribution in [0.25, 0.3) is 10.9 Å². The Kier molecular flexibility index (Phi) is 6.34. The van der Waals surface area contributed by atoms with E-state index in [9.17, 15) is 18.7 Å². The zero-order chi connectivity index (χ0) is 19.3. The second-order valence-corrected chi connectivity index (χ2v) is 7.33. The number of carbonyl (C=O) groups is 1. The summed E-state index contributed by atoms with van der Waals surface area (Å²) in [6, 6.07) is 9.48. The van der Waals surface area contributed by atoms with Crippen molar-refractivity contribution < 1.29 is 70.1 Å². The fourth-order valence-corrected chi connectivity index (χ4v) is 3.68. The van der Waals surface area contributed by atoms with Crippen LogP contribution in [0.3, 0.4) is 0 Å². The first-order valence-corrected chi connectivity index (χ1v) is 9.01. The van der Waals surface area contributed by atoms with E-state index in [2.05, 4.69) is 5.10 Å². The first kappa shape index (κ1) is 21.9. The molecule has 1 aliphatic carbocycles. The minimum atomic E-state index is -4.07. The number of aliphatic carboxylic acids is 1. The van der Waals surface area contributed by atoms with E-state index in [0.29, 0.717) is 34.1 Å². The number of carboxylic acids is 1. The molecule has 0 N–H and O–H groups in total. The van der Waals surface area contributed by atoms with Crippen molar-refractivity contribution in [3.63, 3.8) is 0 Å². The van der Waals surface area contributed by atoms with Gasteiger partial charge in [0.15, 0.2) is 0 Å². The van der Waals surface area contributed by atoms with Crippen molar-refractivity contribution in [3.8, 4) is 0 Å². The third kappa shape index (κ3) is 3.93. The monoisotopic (exact) mass is 428 g/mol.